The summed E-state index contributed by atoms with van der Waals surface area (Å²) in [5.41, 5.74) is 4.75. The second-order valence-corrected chi connectivity index (χ2v) is 11.0. The number of hydrogen-bond donors (Lipinski definition) is 0. The first kappa shape index (κ1) is 19.0. The van der Waals surface area contributed by atoms with E-state index in [4.69, 9.17) is 4.74 Å². The van der Waals surface area contributed by atoms with Crippen LogP contribution in [0.1, 0.15) is 23.6 Å². The third-order valence-corrected chi connectivity index (χ3v) is 9.50. The fraction of sp³-hybridized carbons (Fsp3) is 0.280. The molecule has 0 amide bonds. The Bertz CT molecular complexity index is 851. The summed E-state index contributed by atoms with van der Waals surface area (Å²) in [6.45, 7) is 8.33. The van der Waals surface area contributed by atoms with E-state index in [2.05, 4.69) is 97.6 Å². The average Bonchev–Trinajstić information content (AvgIpc) is 2.76. The fourth-order valence-corrected chi connectivity index (χ4v) is 8.01. The minimum absolute atomic E-state index is 0.531. The van der Waals surface area contributed by atoms with E-state index in [0.29, 0.717) is 5.54 Å². The lowest BCUT2D eigenvalue weighted by Crippen LogP contribution is -2.46. The van der Waals surface area contributed by atoms with E-state index in [0.717, 1.165) is 26.3 Å². The van der Waals surface area contributed by atoms with Gasteiger partial charge in [-0.25, -0.2) is 0 Å². The Hall–Kier alpha value is -2.36. The molecule has 4 rings (SSSR count). The van der Waals surface area contributed by atoms with Gasteiger partial charge < -0.3 is 9.64 Å². The molecule has 0 aliphatic carbocycles. The molecule has 1 aliphatic rings. The van der Waals surface area contributed by atoms with E-state index < -0.39 is 8.80 Å². The van der Waals surface area contributed by atoms with Crippen LogP contribution in [0.25, 0.3) is 0 Å². The summed E-state index contributed by atoms with van der Waals surface area (Å²) in [5.74, 6) is 0. The Labute approximate surface area is 170 Å². The van der Waals surface area contributed by atoms with Crippen molar-refractivity contribution in [1.29, 1.82) is 0 Å². The van der Waals surface area contributed by atoms with Crippen LogP contribution in [0.4, 0.5) is 5.69 Å². The van der Waals surface area contributed by atoms with Crippen LogP contribution in [0, 0.1) is 6.92 Å². The van der Waals surface area contributed by atoms with Crippen LogP contribution in [0.2, 0.25) is 0 Å². The maximum absolute atomic E-state index is 5.51. The van der Waals surface area contributed by atoms with Gasteiger partial charge in [0.05, 0.1) is 13.2 Å². The van der Waals surface area contributed by atoms with Gasteiger partial charge >= 0.3 is 0 Å². The van der Waals surface area contributed by atoms with Crippen LogP contribution in [0.3, 0.4) is 0 Å². The zero-order valence-electron chi connectivity index (χ0n) is 16.8. The van der Waals surface area contributed by atoms with Gasteiger partial charge in [0, 0.05) is 18.8 Å². The second kappa shape index (κ2) is 8.76. The smallest absolute Gasteiger partial charge is 0.110 e. The quantitative estimate of drug-likeness (QED) is 0.621. The van der Waals surface area contributed by atoms with Crippen LogP contribution < -0.4 is 15.3 Å². The van der Waals surface area contributed by atoms with E-state index in [-0.39, 0.29) is 0 Å². The predicted molar refractivity (Wildman–Crippen MR) is 122 cm³/mol. The van der Waals surface area contributed by atoms with Gasteiger partial charge in [0.1, 0.15) is 8.80 Å². The van der Waals surface area contributed by atoms with E-state index in [1.54, 1.807) is 0 Å². The molecule has 3 aromatic rings. The second-order valence-electron chi connectivity index (χ2n) is 7.73. The highest BCUT2D eigenvalue weighted by Crippen LogP contribution is 2.27. The SMILES string of the molecule is Cc1cc(N2CCOCC2)ccc1C(C)[SiH](c1ccccc1)c1ccccc1. The molecule has 1 heterocycles. The maximum Gasteiger partial charge on any atom is 0.110 e. The molecule has 1 unspecified atom stereocenters. The number of ether oxygens (including phenoxy) is 1. The van der Waals surface area contributed by atoms with Crippen LogP contribution in [-0.2, 0) is 4.74 Å². The van der Waals surface area contributed by atoms with Crippen molar-refractivity contribution < 1.29 is 4.74 Å². The third-order valence-electron chi connectivity index (χ3n) is 5.94. The summed E-state index contributed by atoms with van der Waals surface area (Å²) in [5, 5.41) is 3.02. The molecule has 0 saturated carbocycles. The van der Waals surface area contributed by atoms with Crippen molar-refractivity contribution in [1.82, 2.24) is 0 Å². The topological polar surface area (TPSA) is 12.5 Å². The number of rotatable bonds is 5. The van der Waals surface area contributed by atoms with E-state index in [1.165, 1.54) is 27.2 Å². The van der Waals surface area contributed by atoms with Gasteiger partial charge in [-0.1, -0.05) is 84.0 Å². The molecule has 1 atom stereocenters. The summed E-state index contributed by atoms with van der Waals surface area (Å²) in [7, 11) is -1.38. The van der Waals surface area contributed by atoms with E-state index >= 15 is 0 Å². The van der Waals surface area contributed by atoms with Crippen LogP contribution >= 0.6 is 0 Å². The molecule has 1 aliphatic heterocycles. The minimum atomic E-state index is -1.38. The van der Waals surface area contributed by atoms with Gasteiger partial charge in [-0.3, -0.25) is 0 Å². The summed E-state index contributed by atoms with van der Waals surface area (Å²) in [4.78, 5) is 2.44. The van der Waals surface area contributed by atoms with Crippen molar-refractivity contribution in [2.75, 3.05) is 31.2 Å². The third kappa shape index (κ3) is 4.06. The average molecular weight is 388 g/mol. The molecular weight excluding hydrogens is 358 g/mol. The van der Waals surface area contributed by atoms with Crippen molar-refractivity contribution in [2.24, 2.45) is 0 Å². The lowest BCUT2D eigenvalue weighted by atomic mass is 10.0. The minimum Gasteiger partial charge on any atom is -0.378 e. The first-order valence-corrected chi connectivity index (χ1v) is 12.1. The normalized spacial score (nSPS) is 15.6. The van der Waals surface area contributed by atoms with Gasteiger partial charge in [-0.15, -0.1) is 0 Å². The van der Waals surface area contributed by atoms with Crippen molar-refractivity contribution >= 4 is 24.9 Å². The largest absolute Gasteiger partial charge is 0.378 e. The number of morpholine rings is 1. The van der Waals surface area contributed by atoms with Gasteiger partial charge in [0.2, 0.25) is 0 Å². The monoisotopic (exact) mass is 387 g/mol. The van der Waals surface area contributed by atoms with Crippen molar-refractivity contribution in [3.8, 4) is 0 Å². The van der Waals surface area contributed by atoms with Crippen LogP contribution in [0.5, 0.6) is 0 Å². The van der Waals surface area contributed by atoms with Gasteiger partial charge in [0.25, 0.3) is 0 Å². The molecule has 3 heteroatoms. The first-order chi connectivity index (χ1) is 13.7. The number of benzene rings is 3. The molecule has 0 radical (unpaired) electrons. The molecule has 0 bridgehead atoms. The molecule has 28 heavy (non-hydrogen) atoms. The Morgan fingerprint density at radius 3 is 1.93 bits per heavy atom. The lowest BCUT2D eigenvalue weighted by Gasteiger charge is -2.30. The highest BCUT2D eigenvalue weighted by Gasteiger charge is 2.26. The van der Waals surface area contributed by atoms with Crippen molar-refractivity contribution in [2.45, 2.75) is 19.4 Å². The van der Waals surface area contributed by atoms with Gasteiger partial charge in [0.15, 0.2) is 0 Å². The molecule has 0 spiro atoms. The molecule has 144 valence electrons. The predicted octanol–water partition coefficient (Wildman–Crippen LogP) is 3.52. The Kier molecular flexibility index (Phi) is 5.94. The summed E-state index contributed by atoms with van der Waals surface area (Å²) in [6.07, 6.45) is 0. The number of aryl methyl sites for hydroxylation is 1. The molecule has 1 fully saturated rings. The summed E-state index contributed by atoms with van der Waals surface area (Å²) >= 11 is 0. The van der Waals surface area contributed by atoms with Crippen LogP contribution in [0.15, 0.2) is 78.9 Å². The van der Waals surface area contributed by atoms with E-state index in [1.807, 2.05) is 0 Å². The standard InChI is InChI=1S/C25H29NOSi/c1-20-19-22(26-15-17-27-18-16-26)13-14-25(20)21(2)28(23-9-5-3-6-10-23)24-11-7-4-8-12-24/h3-14,19,21,28H,15-18H2,1-2H3. The zero-order valence-corrected chi connectivity index (χ0v) is 18.0. The Morgan fingerprint density at radius 2 is 1.39 bits per heavy atom. The molecular formula is C25H29NOSi. The highest BCUT2D eigenvalue weighted by atomic mass is 28.3. The van der Waals surface area contributed by atoms with Gasteiger partial charge in [-0.2, -0.15) is 0 Å². The molecule has 1 saturated heterocycles. The number of anilines is 1. The zero-order chi connectivity index (χ0) is 19.3. The molecule has 0 N–H and O–H groups in total. The van der Waals surface area contributed by atoms with E-state index in [9.17, 15) is 0 Å². The first-order valence-electron chi connectivity index (χ1n) is 10.3. The maximum atomic E-state index is 5.51. The Balaban J connectivity index is 1.68. The van der Waals surface area contributed by atoms with Crippen molar-refractivity contribution in [3.05, 3.63) is 90.0 Å². The molecule has 0 aromatic heterocycles. The molecule has 3 aromatic carbocycles. The highest BCUT2D eigenvalue weighted by molar-refractivity contribution is 6.86. The van der Waals surface area contributed by atoms with Gasteiger partial charge in [-0.05, 0) is 35.7 Å². The lowest BCUT2D eigenvalue weighted by molar-refractivity contribution is 0.122. The summed E-state index contributed by atoms with van der Waals surface area (Å²) < 4.78 is 5.51. The summed E-state index contributed by atoms with van der Waals surface area (Å²) in [6, 6.07) is 29.3. The number of hydrogen-bond acceptors (Lipinski definition) is 2. The van der Waals surface area contributed by atoms with Crippen LogP contribution in [-0.4, -0.2) is 35.1 Å². The fourth-order valence-electron chi connectivity index (χ4n) is 4.46. The van der Waals surface area contributed by atoms with Crippen molar-refractivity contribution in [3.63, 3.8) is 0 Å². The molecule has 2 nitrogen and oxygen atoms in total. The number of nitrogens with zero attached hydrogens (tertiary/aromatic N) is 1. The Morgan fingerprint density at radius 1 is 0.821 bits per heavy atom.